The third kappa shape index (κ3) is 3.63. The average molecular weight is 470 g/mol. The van der Waals surface area contributed by atoms with Gasteiger partial charge in [-0.15, -0.1) is 11.3 Å². The summed E-state index contributed by atoms with van der Waals surface area (Å²) in [5.74, 6) is 0.256. The molecule has 1 N–H and O–H groups in total. The lowest BCUT2D eigenvalue weighted by Crippen LogP contribution is -2.65. The van der Waals surface area contributed by atoms with E-state index in [1.165, 1.54) is 6.42 Å². The summed E-state index contributed by atoms with van der Waals surface area (Å²) in [4.78, 5) is 29.3. The fourth-order valence-corrected chi connectivity index (χ4v) is 6.23. The Hall–Kier alpha value is -2.31. The fraction of sp³-hybridized carbons (Fsp3) is 0.440. The van der Waals surface area contributed by atoms with Crippen molar-refractivity contribution in [2.24, 2.45) is 5.92 Å². The third-order valence-electron chi connectivity index (χ3n) is 7.20. The largest absolute Gasteiger partial charge is 0.351 e. The van der Waals surface area contributed by atoms with Gasteiger partial charge in [0.05, 0.1) is 16.8 Å². The van der Waals surface area contributed by atoms with Gasteiger partial charge in [0.2, 0.25) is 5.91 Å². The number of hydrogen-bond donors (Lipinski definition) is 1. The molecule has 5 rings (SSSR count). The van der Waals surface area contributed by atoms with E-state index in [1.807, 2.05) is 53.3 Å². The summed E-state index contributed by atoms with van der Waals surface area (Å²) in [5.41, 5.74) is 1.58. The number of thiophene rings is 1. The first-order chi connectivity index (χ1) is 15.4. The van der Waals surface area contributed by atoms with Crippen LogP contribution in [-0.4, -0.2) is 32.9 Å². The molecule has 0 saturated heterocycles. The first-order valence-corrected chi connectivity index (χ1v) is 12.6. The van der Waals surface area contributed by atoms with Crippen LogP contribution in [0.1, 0.15) is 55.6 Å². The predicted octanol–water partition coefficient (Wildman–Crippen LogP) is 5.47. The van der Waals surface area contributed by atoms with Crippen LogP contribution in [0.3, 0.4) is 0 Å². The Balaban J connectivity index is 1.53. The monoisotopic (exact) mass is 469 g/mol. The molecular formula is C25H28ClN3O2S. The van der Waals surface area contributed by atoms with E-state index in [1.54, 1.807) is 16.2 Å². The Morgan fingerprint density at radius 1 is 1.25 bits per heavy atom. The molecule has 2 aliphatic rings. The van der Waals surface area contributed by atoms with E-state index in [-0.39, 0.29) is 17.9 Å². The Bertz CT molecular complexity index is 1190. The minimum absolute atomic E-state index is 0.0747. The Kier molecular flexibility index (Phi) is 5.54. The van der Waals surface area contributed by atoms with Crippen molar-refractivity contribution in [3.05, 3.63) is 58.1 Å². The van der Waals surface area contributed by atoms with Crippen molar-refractivity contribution in [2.45, 2.75) is 64.2 Å². The van der Waals surface area contributed by atoms with Crippen LogP contribution in [0, 0.1) is 5.92 Å². The van der Waals surface area contributed by atoms with E-state index in [9.17, 15) is 9.59 Å². The van der Waals surface area contributed by atoms with Crippen LogP contribution in [0.25, 0.3) is 10.2 Å². The second-order valence-electron chi connectivity index (χ2n) is 9.42. The summed E-state index contributed by atoms with van der Waals surface area (Å²) in [7, 11) is 0. The van der Waals surface area contributed by atoms with E-state index in [2.05, 4.69) is 12.2 Å². The molecule has 1 aromatic carbocycles. The van der Waals surface area contributed by atoms with Gasteiger partial charge in [-0.3, -0.25) is 9.59 Å². The van der Waals surface area contributed by atoms with Gasteiger partial charge >= 0.3 is 0 Å². The summed E-state index contributed by atoms with van der Waals surface area (Å²) < 4.78 is 3.09. The van der Waals surface area contributed by atoms with Gasteiger partial charge in [0.15, 0.2) is 0 Å². The van der Waals surface area contributed by atoms with E-state index in [0.717, 1.165) is 35.0 Å². The van der Waals surface area contributed by atoms with E-state index >= 15 is 0 Å². The van der Waals surface area contributed by atoms with Gasteiger partial charge in [0.25, 0.3) is 5.91 Å². The second kappa shape index (κ2) is 8.23. The lowest BCUT2D eigenvalue weighted by atomic mass is 9.85. The maximum absolute atomic E-state index is 13.8. The normalized spacial score (nSPS) is 25.7. The molecule has 2 aromatic heterocycles. The van der Waals surface area contributed by atoms with Crippen LogP contribution in [0.5, 0.6) is 0 Å². The lowest BCUT2D eigenvalue weighted by molar-refractivity contribution is -0.134. The molecule has 0 unspecified atom stereocenters. The number of rotatable bonds is 4. The van der Waals surface area contributed by atoms with Crippen LogP contribution in [0.2, 0.25) is 5.02 Å². The maximum atomic E-state index is 13.8. The number of benzene rings is 1. The van der Waals surface area contributed by atoms with Crippen molar-refractivity contribution in [3.63, 3.8) is 0 Å². The summed E-state index contributed by atoms with van der Waals surface area (Å²) in [6.07, 6.45) is 4.47. The zero-order valence-corrected chi connectivity index (χ0v) is 20.0. The molecule has 5 nitrogen and oxygen atoms in total. The fourth-order valence-electron chi connectivity index (χ4n) is 5.19. The minimum atomic E-state index is -1.00. The number of nitrogens with one attached hydrogen (secondary N) is 1. The van der Waals surface area contributed by atoms with Crippen molar-refractivity contribution < 1.29 is 9.59 Å². The summed E-state index contributed by atoms with van der Waals surface area (Å²) in [6.45, 7) is 4.88. The van der Waals surface area contributed by atoms with Crippen molar-refractivity contribution in [1.82, 2.24) is 14.8 Å². The second-order valence-corrected chi connectivity index (χ2v) is 10.8. The van der Waals surface area contributed by atoms with E-state index < -0.39 is 5.54 Å². The molecule has 168 valence electrons. The van der Waals surface area contributed by atoms with E-state index in [0.29, 0.717) is 29.7 Å². The molecule has 2 amide bonds. The molecule has 1 aliphatic heterocycles. The number of hydrogen-bond acceptors (Lipinski definition) is 3. The molecule has 1 saturated carbocycles. The van der Waals surface area contributed by atoms with Gasteiger partial charge in [0.1, 0.15) is 11.2 Å². The first kappa shape index (κ1) is 21.5. The molecule has 1 fully saturated rings. The van der Waals surface area contributed by atoms with Gasteiger partial charge < -0.3 is 14.8 Å². The number of halogens is 1. The van der Waals surface area contributed by atoms with Crippen molar-refractivity contribution in [2.75, 3.05) is 0 Å². The number of nitrogens with zero attached hydrogens (tertiary/aromatic N) is 2. The van der Waals surface area contributed by atoms with Crippen LogP contribution >= 0.6 is 22.9 Å². The zero-order chi connectivity index (χ0) is 22.5. The highest BCUT2D eigenvalue weighted by molar-refractivity contribution is 7.17. The van der Waals surface area contributed by atoms with Crippen LogP contribution < -0.4 is 5.32 Å². The molecule has 0 bridgehead atoms. The van der Waals surface area contributed by atoms with Crippen LogP contribution in [0.4, 0.5) is 0 Å². The Morgan fingerprint density at radius 3 is 2.84 bits per heavy atom. The molecular weight excluding hydrogens is 442 g/mol. The topological polar surface area (TPSA) is 54.3 Å². The average Bonchev–Trinajstić information content (AvgIpc) is 3.35. The molecule has 0 spiro atoms. The number of aromatic nitrogens is 1. The van der Waals surface area contributed by atoms with Crippen LogP contribution in [0.15, 0.2) is 41.8 Å². The summed E-state index contributed by atoms with van der Waals surface area (Å²) >= 11 is 7.83. The van der Waals surface area contributed by atoms with Crippen molar-refractivity contribution in [3.8, 4) is 0 Å². The molecule has 3 aromatic rings. The smallest absolute Gasteiger partial charge is 0.271 e. The molecule has 1 aliphatic carbocycles. The first-order valence-electron chi connectivity index (χ1n) is 11.3. The summed E-state index contributed by atoms with van der Waals surface area (Å²) in [5, 5.41) is 5.97. The highest BCUT2D eigenvalue weighted by Crippen LogP contribution is 2.36. The van der Waals surface area contributed by atoms with Gasteiger partial charge in [-0.1, -0.05) is 43.5 Å². The highest BCUT2D eigenvalue weighted by Gasteiger charge is 2.48. The van der Waals surface area contributed by atoms with Gasteiger partial charge in [0, 0.05) is 17.6 Å². The highest BCUT2D eigenvalue weighted by atomic mass is 35.5. The molecule has 32 heavy (non-hydrogen) atoms. The van der Waals surface area contributed by atoms with Crippen LogP contribution in [-0.2, 0) is 17.9 Å². The maximum Gasteiger partial charge on any atom is 0.271 e. The van der Waals surface area contributed by atoms with E-state index in [4.69, 9.17) is 11.6 Å². The molecule has 3 heterocycles. The summed E-state index contributed by atoms with van der Waals surface area (Å²) in [6, 6.07) is 11.7. The number of amides is 2. The predicted molar refractivity (Wildman–Crippen MR) is 129 cm³/mol. The van der Waals surface area contributed by atoms with Gasteiger partial charge in [-0.2, -0.15) is 0 Å². The number of fused-ring (bicyclic) bond motifs is 3. The Morgan fingerprint density at radius 2 is 2.06 bits per heavy atom. The van der Waals surface area contributed by atoms with Crippen molar-refractivity contribution >= 4 is 45.0 Å². The third-order valence-corrected chi connectivity index (χ3v) is 8.28. The molecule has 3 atom stereocenters. The van der Waals surface area contributed by atoms with Gasteiger partial charge in [-0.25, -0.2) is 0 Å². The molecule has 0 radical (unpaired) electrons. The molecule has 7 heteroatoms. The van der Waals surface area contributed by atoms with Crippen molar-refractivity contribution in [1.29, 1.82) is 0 Å². The number of carbonyl (C=O) groups is 2. The zero-order valence-electron chi connectivity index (χ0n) is 18.4. The quantitative estimate of drug-likeness (QED) is 0.551. The minimum Gasteiger partial charge on any atom is -0.351 e. The number of carbonyl (C=O) groups excluding carboxylic acids is 2. The Labute approximate surface area is 197 Å². The van der Waals surface area contributed by atoms with Gasteiger partial charge in [-0.05, 0) is 60.9 Å². The standard InChI is InChI=1S/C25H28ClN3O2S/c1-16-6-3-4-9-19(16)27-24(31)25(2)15-28-20-10-11-32-22(20)13-21(28)23(30)29(25)14-17-7-5-8-18(26)12-17/h5,7-8,10-13,16,19H,3-4,6,9,14-15H2,1-2H3,(H,27,31)/t16-,19+,25+/m1/s1. The SMILES string of the molecule is C[C@@H]1CCCC[C@@H]1NC(=O)[C@]1(C)Cn2c(cc3sccc32)C(=O)N1Cc1cccc(Cl)c1. The lowest BCUT2D eigenvalue weighted by Gasteiger charge is -2.45.